The monoisotopic (exact) mass is 224 g/mol. The van der Waals surface area contributed by atoms with Crippen molar-refractivity contribution in [3.63, 3.8) is 0 Å². The molecule has 0 atom stereocenters. The van der Waals surface area contributed by atoms with Crippen LogP contribution in [0, 0.1) is 0 Å². The Morgan fingerprint density at radius 2 is 0.933 bits per heavy atom. The maximum atomic E-state index is 2.69. The van der Waals surface area contributed by atoms with Crippen molar-refractivity contribution in [3.8, 4) is 0 Å². The van der Waals surface area contributed by atoms with Crippen LogP contribution in [0.5, 0.6) is 0 Å². The van der Waals surface area contributed by atoms with Gasteiger partial charge in [-0.1, -0.05) is 40.0 Å². The van der Waals surface area contributed by atoms with Gasteiger partial charge in [-0.15, -0.1) is 0 Å². The third kappa shape index (κ3) is 1.51. The standard InChI is InChI=1S/C14H25P/c1-15-13(7-2-3-8-13)11-6-12-14(15)9-4-5-10-14/h2-12H2,1H3. The van der Waals surface area contributed by atoms with E-state index < -0.39 is 0 Å². The normalized spacial score (nSPS) is 34.2. The topological polar surface area (TPSA) is 0 Å². The minimum atomic E-state index is 0.338. The lowest BCUT2D eigenvalue weighted by Gasteiger charge is -2.52. The van der Waals surface area contributed by atoms with E-state index in [0.29, 0.717) is 7.92 Å². The SMILES string of the molecule is CP1C2(CCCC2)CCCC12CCCC2. The van der Waals surface area contributed by atoms with Crippen LogP contribution in [0.4, 0.5) is 0 Å². The molecule has 1 heterocycles. The van der Waals surface area contributed by atoms with E-state index >= 15 is 0 Å². The van der Waals surface area contributed by atoms with Crippen molar-refractivity contribution in [2.45, 2.75) is 80.9 Å². The van der Waals surface area contributed by atoms with Crippen LogP contribution in [0.25, 0.3) is 0 Å². The van der Waals surface area contributed by atoms with E-state index in [0.717, 1.165) is 10.3 Å². The van der Waals surface area contributed by atoms with E-state index in [9.17, 15) is 0 Å². The summed E-state index contributed by atoms with van der Waals surface area (Å²) in [6.45, 7) is 2.69. The molecule has 1 aliphatic heterocycles. The summed E-state index contributed by atoms with van der Waals surface area (Å²) in [4.78, 5) is 0. The van der Waals surface area contributed by atoms with Crippen molar-refractivity contribution in [1.29, 1.82) is 0 Å². The maximum Gasteiger partial charge on any atom is -0.00919 e. The molecule has 3 aliphatic rings. The van der Waals surface area contributed by atoms with Gasteiger partial charge >= 0.3 is 0 Å². The van der Waals surface area contributed by atoms with Gasteiger partial charge in [-0.3, -0.25) is 0 Å². The van der Waals surface area contributed by atoms with E-state index in [4.69, 9.17) is 0 Å². The fourth-order valence-electron chi connectivity index (χ4n) is 4.82. The van der Waals surface area contributed by atoms with Crippen LogP contribution in [0.3, 0.4) is 0 Å². The van der Waals surface area contributed by atoms with Crippen molar-refractivity contribution in [3.05, 3.63) is 0 Å². The molecule has 0 N–H and O–H groups in total. The van der Waals surface area contributed by atoms with Crippen LogP contribution >= 0.6 is 7.92 Å². The lowest BCUT2D eigenvalue weighted by molar-refractivity contribution is 0.405. The molecule has 86 valence electrons. The molecule has 1 heteroatoms. The quantitative estimate of drug-likeness (QED) is 0.513. The zero-order valence-electron chi connectivity index (χ0n) is 10.2. The Morgan fingerprint density at radius 3 is 1.33 bits per heavy atom. The van der Waals surface area contributed by atoms with Crippen LogP contribution in [0.15, 0.2) is 0 Å². The van der Waals surface area contributed by atoms with Gasteiger partial charge in [0.15, 0.2) is 0 Å². The van der Waals surface area contributed by atoms with Crippen molar-refractivity contribution in [1.82, 2.24) is 0 Å². The molecule has 0 nitrogen and oxygen atoms in total. The van der Waals surface area contributed by atoms with Crippen LogP contribution in [0.1, 0.15) is 70.6 Å². The molecule has 0 unspecified atom stereocenters. The van der Waals surface area contributed by atoms with Gasteiger partial charge in [0.25, 0.3) is 0 Å². The predicted octanol–water partition coefficient (Wildman–Crippen LogP) is 4.91. The van der Waals surface area contributed by atoms with Crippen LogP contribution in [-0.4, -0.2) is 17.0 Å². The Kier molecular flexibility index (Phi) is 2.63. The van der Waals surface area contributed by atoms with E-state index in [1.807, 2.05) is 0 Å². The van der Waals surface area contributed by atoms with Gasteiger partial charge in [0, 0.05) is 0 Å². The third-order valence-corrected chi connectivity index (χ3v) is 9.96. The smallest absolute Gasteiger partial charge is 0.00919 e. The summed E-state index contributed by atoms with van der Waals surface area (Å²) >= 11 is 0. The molecule has 1 saturated heterocycles. The molecule has 0 radical (unpaired) electrons. The molecule has 2 saturated carbocycles. The van der Waals surface area contributed by atoms with Crippen molar-refractivity contribution >= 4 is 7.92 Å². The van der Waals surface area contributed by atoms with E-state index in [1.165, 1.54) is 0 Å². The molecule has 0 bridgehead atoms. The molecule has 0 amide bonds. The fourth-order valence-corrected chi connectivity index (χ4v) is 8.79. The molecule has 3 rings (SSSR count). The summed E-state index contributed by atoms with van der Waals surface area (Å²) in [6, 6.07) is 0. The summed E-state index contributed by atoms with van der Waals surface area (Å²) < 4.78 is 0. The second-order valence-corrected chi connectivity index (χ2v) is 9.29. The average molecular weight is 224 g/mol. The van der Waals surface area contributed by atoms with Crippen LogP contribution in [-0.2, 0) is 0 Å². The second-order valence-electron chi connectivity index (χ2n) is 6.28. The Bertz CT molecular complexity index is 210. The lowest BCUT2D eigenvalue weighted by atomic mass is 9.91. The Labute approximate surface area is 96.0 Å². The van der Waals surface area contributed by atoms with Gasteiger partial charge in [0.2, 0.25) is 0 Å². The fraction of sp³-hybridized carbons (Fsp3) is 1.00. The highest BCUT2D eigenvalue weighted by atomic mass is 31.1. The molecular formula is C14H25P. The summed E-state index contributed by atoms with van der Waals surface area (Å²) in [5.74, 6) is 0. The first kappa shape index (κ1) is 10.6. The summed E-state index contributed by atoms with van der Waals surface area (Å²) in [6.07, 6.45) is 17.3. The number of hydrogen-bond donors (Lipinski definition) is 0. The molecule has 15 heavy (non-hydrogen) atoms. The Morgan fingerprint density at radius 1 is 0.600 bits per heavy atom. The highest BCUT2D eigenvalue weighted by Gasteiger charge is 2.52. The molecular weight excluding hydrogens is 199 g/mol. The van der Waals surface area contributed by atoms with Gasteiger partial charge in [0.05, 0.1) is 0 Å². The Balaban J connectivity index is 1.86. The van der Waals surface area contributed by atoms with Gasteiger partial charge in [-0.05, 0) is 55.5 Å². The highest BCUT2D eigenvalue weighted by Crippen LogP contribution is 2.72. The summed E-state index contributed by atoms with van der Waals surface area (Å²) in [7, 11) is 0.338. The lowest BCUT2D eigenvalue weighted by Crippen LogP contribution is -2.39. The second kappa shape index (κ2) is 3.73. The first-order valence-electron chi connectivity index (χ1n) is 7.02. The average Bonchev–Trinajstić information content (AvgIpc) is 2.86. The van der Waals surface area contributed by atoms with Gasteiger partial charge in [0.1, 0.15) is 0 Å². The molecule has 0 aromatic carbocycles. The Hall–Kier alpha value is 0.430. The van der Waals surface area contributed by atoms with E-state index in [2.05, 4.69) is 6.66 Å². The van der Waals surface area contributed by atoms with Crippen LogP contribution < -0.4 is 0 Å². The van der Waals surface area contributed by atoms with Gasteiger partial charge in [-0.25, -0.2) is 0 Å². The highest BCUT2D eigenvalue weighted by molar-refractivity contribution is 7.60. The molecule has 3 fully saturated rings. The maximum absolute atomic E-state index is 2.69. The first-order valence-corrected chi connectivity index (χ1v) is 8.80. The van der Waals surface area contributed by atoms with Crippen LogP contribution in [0.2, 0.25) is 0 Å². The number of hydrogen-bond acceptors (Lipinski definition) is 0. The third-order valence-electron chi connectivity index (χ3n) is 5.78. The largest absolute Gasteiger partial charge is 0.0972 e. The van der Waals surface area contributed by atoms with Gasteiger partial charge in [-0.2, -0.15) is 0 Å². The van der Waals surface area contributed by atoms with Crippen molar-refractivity contribution < 1.29 is 0 Å². The van der Waals surface area contributed by atoms with Crippen molar-refractivity contribution in [2.75, 3.05) is 6.66 Å². The molecule has 2 aliphatic carbocycles. The number of rotatable bonds is 0. The molecule has 2 spiro atoms. The minimum absolute atomic E-state index is 0.338. The first-order chi connectivity index (χ1) is 7.28. The zero-order valence-corrected chi connectivity index (χ0v) is 11.1. The minimum Gasteiger partial charge on any atom is -0.0972 e. The van der Waals surface area contributed by atoms with Gasteiger partial charge < -0.3 is 0 Å². The molecule has 0 aromatic heterocycles. The van der Waals surface area contributed by atoms with Crippen molar-refractivity contribution in [2.24, 2.45) is 0 Å². The molecule has 0 aromatic rings. The summed E-state index contributed by atoms with van der Waals surface area (Å²) in [5.41, 5.74) is 0. The zero-order chi connectivity index (χ0) is 10.4. The van der Waals surface area contributed by atoms with E-state index in [1.54, 1.807) is 70.6 Å². The van der Waals surface area contributed by atoms with E-state index in [-0.39, 0.29) is 0 Å². The predicted molar refractivity (Wildman–Crippen MR) is 69.1 cm³/mol. The summed E-state index contributed by atoms with van der Waals surface area (Å²) in [5, 5.41) is 1.75.